The number of hydrogen-bond donors (Lipinski definition) is 2. The highest BCUT2D eigenvalue weighted by atomic mass is 16.5. The van der Waals surface area contributed by atoms with Gasteiger partial charge in [0.05, 0.1) is 25.0 Å². The van der Waals surface area contributed by atoms with Crippen molar-refractivity contribution >= 4 is 29.8 Å². The number of ether oxygens (including phenoxy) is 1. The molecular formula is C23H31N7O2. The Morgan fingerprint density at radius 2 is 1.88 bits per heavy atom. The van der Waals surface area contributed by atoms with E-state index in [0.29, 0.717) is 37.3 Å². The first-order chi connectivity index (χ1) is 15.5. The summed E-state index contributed by atoms with van der Waals surface area (Å²) in [5.74, 6) is 1.20. The van der Waals surface area contributed by atoms with E-state index < -0.39 is 0 Å². The van der Waals surface area contributed by atoms with Crippen molar-refractivity contribution in [3.05, 3.63) is 34.5 Å². The minimum absolute atomic E-state index is 0.301. The molecule has 0 saturated carbocycles. The number of piperazine rings is 1. The molecule has 0 bridgehead atoms. The summed E-state index contributed by atoms with van der Waals surface area (Å²) < 4.78 is 5.43. The lowest BCUT2D eigenvalue weighted by Crippen LogP contribution is -2.47. The predicted molar refractivity (Wildman–Crippen MR) is 126 cm³/mol. The van der Waals surface area contributed by atoms with Gasteiger partial charge in [-0.25, -0.2) is 0 Å². The first-order valence-electron chi connectivity index (χ1n) is 11.0. The molecule has 0 spiro atoms. The average molecular weight is 438 g/mol. The summed E-state index contributed by atoms with van der Waals surface area (Å²) in [6.07, 6.45) is 3.04. The van der Waals surface area contributed by atoms with Crippen molar-refractivity contribution in [3.8, 4) is 6.01 Å². The van der Waals surface area contributed by atoms with E-state index in [1.807, 2.05) is 6.07 Å². The summed E-state index contributed by atoms with van der Waals surface area (Å²) in [5, 5.41) is 7.98. The van der Waals surface area contributed by atoms with Gasteiger partial charge in [0.1, 0.15) is 5.82 Å². The second kappa shape index (κ2) is 9.02. The number of carbonyl (C=O) groups is 1. The molecule has 1 amide bonds. The molecule has 0 atom stereocenters. The van der Waals surface area contributed by atoms with Gasteiger partial charge in [-0.05, 0) is 24.0 Å². The topological polar surface area (TPSA) is 112 Å². The van der Waals surface area contributed by atoms with E-state index in [9.17, 15) is 4.79 Å². The number of carbonyl (C=O) groups excluding carboxylic acids is 1. The maximum Gasteiger partial charge on any atom is 0.318 e. The third-order valence-electron chi connectivity index (χ3n) is 6.33. The van der Waals surface area contributed by atoms with Crippen LogP contribution in [-0.2, 0) is 17.8 Å². The molecule has 1 aromatic heterocycles. The number of nitrogens with zero attached hydrogens (tertiary/aromatic N) is 5. The minimum atomic E-state index is 0.301. The molecule has 3 N–H and O–H groups in total. The number of nitrogen functional groups attached to an aromatic ring is 1. The monoisotopic (exact) mass is 437 g/mol. The van der Waals surface area contributed by atoms with Gasteiger partial charge in [0.15, 0.2) is 0 Å². The van der Waals surface area contributed by atoms with Crippen LogP contribution < -0.4 is 20.3 Å². The highest BCUT2D eigenvalue weighted by Gasteiger charge is 2.29. The molecular weight excluding hydrogens is 406 g/mol. The Morgan fingerprint density at radius 3 is 2.50 bits per heavy atom. The standard InChI is InChI=1S/C23H31N7O2/c1-15(2)16-4-5-19(25)18(12-24)21(16)30-7-6-17-20(13-30)26-23(32-3)27-22(17)29-10-8-28(14-31)9-11-29/h4-5,12,14-15,24H,6-11,13,25H2,1-3H3. The molecule has 1 saturated heterocycles. The molecule has 1 aromatic carbocycles. The number of anilines is 3. The van der Waals surface area contributed by atoms with Crippen molar-refractivity contribution < 1.29 is 9.53 Å². The van der Waals surface area contributed by atoms with Gasteiger partial charge in [-0.1, -0.05) is 19.9 Å². The predicted octanol–water partition coefficient (Wildman–Crippen LogP) is 2.03. The van der Waals surface area contributed by atoms with E-state index in [1.165, 1.54) is 11.8 Å². The Balaban J connectivity index is 1.72. The molecule has 3 heterocycles. The summed E-state index contributed by atoms with van der Waals surface area (Å²) in [4.78, 5) is 26.7. The number of nitrogens with two attached hydrogens (primary N) is 1. The molecule has 2 aromatic rings. The molecule has 170 valence electrons. The van der Waals surface area contributed by atoms with Crippen LogP contribution in [-0.4, -0.2) is 67.3 Å². The first-order valence-corrected chi connectivity index (χ1v) is 11.0. The average Bonchev–Trinajstić information content (AvgIpc) is 2.82. The smallest absolute Gasteiger partial charge is 0.318 e. The lowest BCUT2D eigenvalue weighted by Gasteiger charge is -2.38. The Hall–Kier alpha value is -3.36. The summed E-state index contributed by atoms with van der Waals surface area (Å²) in [7, 11) is 1.58. The summed E-state index contributed by atoms with van der Waals surface area (Å²) in [5.41, 5.74) is 11.9. The van der Waals surface area contributed by atoms with Gasteiger partial charge in [0.25, 0.3) is 0 Å². The zero-order valence-corrected chi connectivity index (χ0v) is 19.0. The quantitative estimate of drug-likeness (QED) is 0.404. The zero-order valence-electron chi connectivity index (χ0n) is 19.0. The molecule has 2 aliphatic heterocycles. The second-order valence-electron chi connectivity index (χ2n) is 8.56. The summed E-state index contributed by atoms with van der Waals surface area (Å²) in [6, 6.07) is 4.30. The van der Waals surface area contributed by atoms with Crippen molar-refractivity contribution in [1.29, 1.82) is 5.41 Å². The highest BCUT2D eigenvalue weighted by molar-refractivity contribution is 5.94. The van der Waals surface area contributed by atoms with Crippen LogP contribution in [0.15, 0.2) is 12.1 Å². The van der Waals surface area contributed by atoms with Crippen LogP contribution in [0.5, 0.6) is 6.01 Å². The number of rotatable bonds is 6. The SMILES string of the molecule is COc1nc2c(c(N3CCN(C=O)CC3)n1)CCN(c1c(C(C)C)ccc(N)c1C=N)C2. The van der Waals surface area contributed by atoms with E-state index in [-0.39, 0.29) is 0 Å². The van der Waals surface area contributed by atoms with Crippen LogP contribution in [0.2, 0.25) is 0 Å². The van der Waals surface area contributed by atoms with Gasteiger partial charge in [-0.2, -0.15) is 9.97 Å². The van der Waals surface area contributed by atoms with Crippen LogP contribution in [0.3, 0.4) is 0 Å². The second-order valence-corrected chi connectivity index (χ2v) is 8.56. The van der Waals surface area contributed by atoms with Crippen LogP contribution in [0.1, 0.15) is 42.1 Å². The van der Waals surface area contributed by atoms with E-state index in [4.69, 9.17) is 15.9 Å². The molecule has 9 nitrogen and oxygen atoms in total. The largest absolute Gasteiger partial charge is 0.467 e. The fourth-order valence-corrected chi connectivity index (χ4v) is 4.58. The van der Waals surface area contributed by atoms with Gasteiger partial charge in [-0.15, -0.1) is 0 Å². The molecule has 32 heavy (non-hydrogen) atoms. The number of nitrogens with one attached hydrogen (secondary N) is 1. The molecule has 1 fully saturated rings. The Bertz CT molecular complexity index is 1020. The minimum Gasteiger partial charge on any atom is -0.467 e. The van der Waals surface area contributed by atoms with E-state index >= 15 is 0 Å². The fourth-order valence-electron chi connectivity index (χ4n) is 4.58. The first kappa shape index (κ1) is 21.9. The van der Waals surface area contributed by atoms with Gasteiger partial charge < -0.3 is 30.6 Å². The van der Waals surface area contributed by atoms with Crippen LogP contribution >= 0.6 is 0 Å². The Labute approximate surface area is 188 Å². The molecule has 4 rings (SSSR count). The maximum atomic E-state index is 11.1. The molecule has 0 unspecified atom stereocenters. The molecule has 2 aliphatic rings. The zero-order chi connectivity index (χ0) is 22.8. The van der Waals surface area contributed by atoms with Gasteiger partial charge in [0, 0.05) is 55.8 Å². The number of benzene rings is 1. The maximum absolute atomic E-state index is 11.1. The van der Waals surface area contributed by atoms with Crippen molar-refractivity contribution in [2.45, 2.75) is 32.7 Å². The number of amides is 1. The number of methoxy groups -OCH3 is 1. The number of fused-ring (bicyclic) bond motifs is 1. The third kappa shape index (κ3) is 3.94. The molecule has 9 heteroatoms. The normalized spacial score (nSPS) is 16.2. The number of hydrogen-bond acceptors (Lipinski definition) is 8. The van der Waals surface area contributed by atoms with Crippen molar-refractivity contribution in [2.75, 3.05) is 55.4 Å². The van der Waals surface area contributed by atoms with Crippen molar-refractivity contribution in [3.63, 3.8) is 0 Å². The van der Waals surface area contributed by atoms with Gasteiger partial charge in [0.2, 0.25) is 6.41 Å². The lowest BCUT2D eigenvalue weighted by molar-refractivity contribution is -0.118. The number of aromatic nitrogens is 2. The van der Waals surface area contributed by atoms with E-state index in [1.54, 1.807) is 12.0 Å². The van der Waals surface area contributed by atoms with Crippen LogP contribution in [0, 0.1) is 5.41 Å². The van der Waals surface area contributed by atoms with Crippen LogP contribution in [0.25, 0.3) is 0 Å². The summed E-state index contributed by atoms with van der Waals surface area (Å²) in [6.45, 7) is 8.53. The van der Waals surface area contributed by atoms with Crippen molar-refractivity contribution in [2.24, 2.45) is 0 Å². The van der Waals surface area contributed by atoms with Crippen molar-refractivity contribution in [1.82, 2.24) is 14.9 Å². The fraction of sp³-hybridized carbons (Fsp3) is 0.478. The van der Waals surface area contributed by atoms with E-state index in [2.05, 4.69) is 39.7 Å². The molecule has 0 aliphatic carbocycles. The summed E-state index contributed by atoms with van der Waals surface area (Å²) >= 11 is 0. The Kier molecular flexibility index (Phi) is 6.16. The lowest BCUT2D eigenvalue weighted by atomic mass is 9.94. The van der Waals surface area contributed by atoms with Gasteiger partial charge >= 0.3 is 6.01 Å². The van der Waals surface area contributed by atoms with E-state index in [0.717, 1.165) is 60.8 Å². The highest BCUT2D eigenvalue weighted by Crippen LogP contribution is 2.38. The molecule has 0 radical (unpaired) electrons. The third-order valence-corrected chi connectivity index (χ3v) is 6.33. The van der Waals surface area contributed by atoms with Crippen LogP contribution in [0.4, 0.5) is 17.2 Å². The Morgan fingerprint density at radius 1 is 1.12 bits per heavy atom. The van der Waals surface area contributed by atoms with Gasteiger partial charge in [-0.3, -0.25) is 4.79 Å².